The minimum Gasteiger partial charge on any atom is -0.510 e. The van der Waals surface area contributed by atoms with Gasteiger partial charge in [-0.05, 0) is 163 Å². The Labute approximate surface area is 666 Å². The monoisotopic (exact) mass is 1560 g/mol. The summed E-state index contributed by atoms with van der Waals surface area (Å²) in [5, 5.41) is -2.98. The van der Waals surface area contributed by atoms with E-state index >= 15 is 0 Å². The molecule has 0 aliphatic heterocycles. The van der Waals surface area contributed by atoms with Crippen molar-refractivity contribution in [1.82, 2.24) is 14.1 Å². The third-order valence-corrected chi connectivity index (χ3v) is 21.9. The van der Waals surface area contributed by atoms with Crippen LogP contribution in [0.4, 0.5) is 0 Å². The Bertz CT molecular complexity index is 7400. The molecule has 0 fully saturated rings. The predicted octanol–water partition coefficient (Wildman–Crippen LogP) is 21.2. The summed E-state index contributed by atoms with van der Waals surface area (Å²) in [6.45, 7) is 18.6. The molecule has 0 saturated carbocycles. The Morgan fingerprint density at radius 3 is 1.54 bits per heavy atom. The minimum absolute atomic E-state index is 0. The fourth-order valence-corrected chi connectivity index (χ4v) is 16.3. The fraction of sp³-hybridized carbons (Fsp3) is 0.125. The second kappa shape index (κ2) is 27.4. The molecule has 103 heavy (non-hydrogen) atoms. The molecule has 3 aromatic heterocycles. The molecule has 0 saturated heterocycles. The number of imidazole rings is 1. The molecule has 0 atom stereocenters. The second-order valence-electron chi connectivity index (χ2n) is 27.6. The average molecular weight is 1560 g/mol. The first-order chi connectivity index (χ1) is 62.7. The van der Waals surface area contributed by atoms with Gasteiger partial charge in [-0.25, -0.2) is 4.98 Å². The van der Waals surface area contributed by atoms with Crippen LogP contribution in [-0.4, -0.2) is 22.2 Å². The van der Waals surface area contributed by atoms with Crippen LogP contribution in [0.15, 0.2) is 321 Å². The Morgan fingerprint density at radius 2 is 0.942 bits per heavy atom. The van der Waals surface area contributed by atoms with Gasteiger partial charge < -0.3 is 13.9 Å². The Morgan fingerprint density at radius 1 is 0.408 bits per heavy atom. The van der Waals surface area contributed by atoms with Crippen molar-refractivity contribution in [3.05, 3.63) is 356 Å². The standard InChI is InChI=1S/C96H80N4OSi.Pt/c1-94(2,3)74-52-53-97-92(62-74)100-88-47-26-25-44-86(88)87-50-49-79(64-90(87)100)101-78-36-28-35-77(63-78)98-65-99(89-51-48-68(60-91(89)98)72-57-75(95(4,5)6)61-76(58-72)96(7,8)9)93-84(45-29-46-85(93)73-55-70(66-30-15-10-16-31-66)54-71(56-73)67-32-17-11-18-33-67)69-34-27-43-83(59-69)102(80-37-19-12-20-38-80,81-39-21-13-22-40-81)82-41-23-14-24-42-82;/h10-62H,1-9H3;/q-2;/i10D,11D,12D,13D,14D,15D,16D,17D,18D,19D,20D,21D,22D,23D,24D,27D,30D,31D,32D,33D,34D,37D,38D,39D,40D,41D,42D,43D,54D,55D,56D,59D;. The van der Waals surface area contributed by atoms with Gasteiger partial charge >= 0.3 is 0 Å². The number of benzene rings is 13. The van der Waals surface area contributed by atoms with Gasteiger partial charge in [0.25, 0.3) is 6.33 Å². The maximum absolute atomic E-state index is 11.3. The molecule has 16 rings (SSSR count). The third kappa shape index (κ3) is 12.9. The molecular weight excluding hydrogens is 1450 g/mol. The van der Waals surface area contributed by atoms with Crippen molar-refractivity contribution in [2.24, 2.45) is 0 Å². The summed E-state index contributed by atoms with van der Waals surface area (Å²) in [6, 6.07) is 5.66. The molecule has 0 unspecified atom stereocenters. The van der Waals surface area contributed by atoms with Crippen molar-refractivity contribution in [3.63, 3.8) is 0 Å². The number of ether oxygens (including phenoxy) is 1. The molecule has 0 bridgehead atoms. The smallest absolute Gasteiger partial charge is 0.268 e. The zero-order valence-corrected chi connectivity index (χ0v) is 60.4. The summed E-state index contributed by atoms with van der Waals surface area (Å²) in [5.41, 5.74) is -2.08. The van der Waals surface area contributed by atoms with Crippen molar-refractivity contribution < 1.29 is 74.2 Å². The molecule has 0 spiro atoms. The molecule has 0 N–H and O–H groups in total. The van der Waals surface area contributed by atoms with Crippen LogP contribution in [0.5, 0.6) is 11.5 Å². The maximum atomic E-state index is 11.3. The Kier molecular flexibility index (Phi) is 10.6. The largest absolute Gasteiger partial charge is 0.510 e. The molecule has 0 aliphatic carbocycles. The zero-order valence-electron chi connectivity index (χ0n) is 89.1. The number of hydrogen-bond acceptors (Lipinski definition) is 2. The molecule has 5 nitrogen and oxygen atoms in total. The van der Waals surface area contributed by atoms with E-state index in [2.05, 4.69) is 86.8 Å². The van der Waals surface area contributed by atoms with Crippen LogP contribution in [0, 0.1) is 18.5 Å². The first kappa shape index (κ1) is 40.0. The number of fused-ring (bicyclic) bond motifs is 4. The van der Waals surface area contributed by atoms with Crippen LogP contribution in [0.2, 0.25) is 0 Å². The van der Waals surface area contributed by atoms with Crippen LogP contribution >= 0.6 is 0 Å². The van der Waals surface area contributed by atoms with Crippen molar-refractivity contribution in [1.29, 1.82) is 0 Å². The van der Waals surface area contributed by atoms with Crippen molar-refractivity contribution in [2.75, 3.05) is 0 Å². The number of hydrogen-bond donors (Lipinski definition) is 0. The van der Waals surface area contributed by atoms with Crippen LogP contribution in [-0.2, 0) is 37.3 Å². The van der Waals surface area contributed by atoms with Gasteiger partial charge in [0.15, 0.2) is 8.07 Å². The first-order valence-electron chi connectivity index (χ1n) is 48.8. The van der Waals surface area contributed by atoms with E-state index in [9.17, 15) is 31.5 Å². The number of aromatic nitrogens is 4. The van der Waals surface area contributed by atoms with Crippen molar-refractivity contribution in [3.8, 4) is 84.3 Å². The summed E-state index contributed by atoms with van der Waals surface area (Å²) in [5.74, 6) is 0.878. The zero-order chi connectivity index (χ0) is 97.8. The fourth-order valence-electron chi connectivity index (χ4n) is 12.7. The van der Waals surface area contributed by atoms with Gasteiger partial charge in [-0.2, -0.15) is 18.2 Å². The van der Waals surface area contributed by atoms with E-state index in [1.807, 2.05) is 59.2 Å². The third-order valence-electron chi connectivity index (χ3n) is 17.9. The van der Waals surface area contributed by atoms with Gasteiger partial charge in [0.2, 0.25) is 0 Å². The minimum atomic E-state index is -6.66. The summed E-state index contributed by atoms with van der Waals surface area (Å²) >= 11 is 0. The molecule has 7 heteroatoms. The van der Waals surface area contributed by atoms with Gasteiger partial charge in [0, 0.05) is 44.3 Å². The molecule has 0 amide bonds. The van der Waals surface area contributed by atoms with Gasteiger partial charge in [0.05, 0.1) is 60.6 Å². The summed E-state index contributed by atoms with van der Waals surface area (Å²) < 4.78 is 321. The van der Waals surface area contributed by atoms with Gasteiger partial charge in [-0.3, -0.25) is 4.57 Å². The van der Waals surface area contributed by atoms with E-state index in [0.29, 0.717) is 22.5 Å². The van der Waals surface area contributed by atoms with E-state index in [1.165, 1.54) is 27.3 Å². The molecule has 0 radical (unpaired) electrons. The van der Waals surface area contributed by atoms with Crippen LogP contribution in [0.25, 0.3) is 106 Å². The van der Waals surface area contributed by atoms with E-state index in [0.717, 1.165) is 33.0 Å². The van der Waals surface area contributed by atoms with E-state index in [4.69, 9.17) is 22.1 Å². The number of nitrogens with zero attached hydrogens (tertiary/aromatic N) is 4. The van der Waals surface area contributed by atoms with Crippen molar-refractivity contribution >= 4 is 61.7 Å². The topological polar surface area (TPSA) is 35.9 Å². The average Bonchev–Trinajstić information content (AvgIpc) is 1.30. The number of para-hydroxylation sites is 2. The maximum Gasteiger partial charge on any atom is 0.268 e. The Hall–Kier alpha value is -11.0. The number of pyridine rings is 1. The quantitative estimate of drug-likeness (QED) is 0.0471. The SMILES string of the molecule is [2H]c1c([2H])c([2H])c(-c2c([2H])c(-c3cccc(-c4c([2H])c([2H])c([2H])c([Si](c5c([2H])c([2H])c([2H])c([2H])c5[2H])(c5c([2H])c([2H])c([2H])c([2H])c5[2H])c5c([2H])c([2H])c([2H])c([2H])c5[2H])c4[2H])c3-[n+]3[c-]n(-c4[c-]c(Oc5[c-]c6c(cc5)c5ccccc5n6-c5cc(C(C)(C)C)ccn5)ccc4)c4cc(-c5cc(C(C)(C)C)cc(C(C)(C)C)c5)ccc43)c([2H])c(-c3c([2H])c([2H])c([2H])c([2H])c3[2H])c2[2H])c([2H])c1[2H].[Pt]. The van der Waals surface area contributed by atoms with Crippen LogP contribution in [0.1, 0.15) is 123 Å². The van der Waals surface area contributed by atoms with Crippen molar-refractivity contribution in [2.45, 2.75) is 78.6 Å². The van der Waals surface area contributed by atoms with Gasteiger partial charge in [-0.15, -0.1) is 29.7 Å². The predicted molar refractivity (Wildman–Crippen MR) is 427 cm³/mol. The Balaban J connectivity index is 0.0000139. The molecular formula is C96H80N4OPtSi-2. The van der Waals surface area contributed by atoms with Crippen LogP contribution < -0.4 is 30.1 Å². The van der Waals surface area contributed by atoms with Crippen LogP contribution in [0.3, 0.4) is 0 Å². The molecule has 16 aromatic rings. The summed E-state index contributed by atoms with van der Waals surface area (Å²) in [4.78, 5) is 4.86. The molecule has 506 valence electrons. The van der Waals surface area contributed by atoms with Gasteiger partial charge in [0.1, 0.15) is 5.82 Å². The second-order valence-corrected chi connectivity index (χ2v) is 31.1. The van der Waals surface area contributed by atoms with E-state index in [-0.39, 0.29) is 54.7 Å². The normalized spacial score (nSPS) is 16.4. The first-order valence-corrected chi connectivity index (χ1v) is 34.8. The molecule has 13 aromatic carbocycles. The summed E-state index contributed by atoms with van der Waals surface area (Å²) in [6.07, 6.45) is 5.20. The van der Waals surface area contributed by atoms with E-state index in [1.54, 1.807) is 48.7 Å². The van der Waals surface area contributed by atoms with Gasteiger partial charge in [-0.1, -0.05) is 310 Å². The number of rotatable bonds is 14. The molecule has 0 aliphatic rings. The summed E-state index contributed by atoms with van der Waals surface area (Å²) in [7, 11) is -6.66. The molecule has 3 heterocycles. The van der Waals surface area contributed by atoms with E-state index < -0.39 is 283 Å².